The van der Waals surface area contributed by atoms with Gasteiger partial charge in [0.1, 0.15) is 12.6 Å². The van der Waals surface area contributed by atoms with E-state index in [9.17, 15) is 14.4 Å². The van der Waals surface area contributed by atoms with E-state index in [1.165, 1.54) is 6.92 Å². The van der Waals surface area contributed by atoms with E-state index in [1.807, 2.05) is 41.5 Å². The normalized spacial score (nSPS) is 12.4. The molecule has 0 aromatic heterocycles. The van der Waals surface area contributed by atoms with Crippen molar-refractivity contribution in [1.82, 2.24) is 10.6 Å². The SMILES string of the molecule is CC.CC(=O)OCc1ccc(NC(=O)C(CCCCN)NC(=O)C(NC(C)C)C(C)C)cc1. The lowest BCUT2D eigenvalue weighted by Crippen LogP contribution is -2.54. The first-order valence-electron chi connectivity index (χ1n) is 11.9. The van der Waals surface area contributed by atoms with E-state index >= 15 is 0 Å². The van der Waals surface area contributed by atoms with E-state index in [-0.39, 0.29) is 42.4 Å². The van der Waals surface area contributed by atoms with Gasteiger partial charge in [-0.3, -0.25) is 14.4 Å². The van der Waals surface area contributed by atoms with Gasteiger partial charge in [-0.2, -0.15) is 0 Å². The van der Waals surface area contributed by atoms with Gasteiger partial charge in [-0.15, -0.1) is 0 Å². The second-order valence-corrected chi connectivity index (χ2v) is 8.36. The molecule has 0 bridgehead atoms. The van der Waals surface area contributed by atoms with Crippen molar-refractivity contribution in [1.29, 1.82) is 0 Å². The number of unbranched alkanes of at least 4 members (excludes halogenated alkanes) is 1. The third-order valence-electron chi connectivity index (χ3n) is 4.71. The van der Waals surface area contributed by atoms with Crippen LogP contribution in [0.25, 0.3) is 0 Å². The molecule has 2 unspecified atom stereocenters. The summed E-state index contributed by atoms with van der Waals surface area (Å²) in [5.41, 5.74) is 7.01. The zero-order valence-electron chi connectivity index (χ0n) is 21.4. The van der Waals surface area contributed by atoms with E-state index in [2.05, 4.69) is 16.0 Å². The number of hydrogen-bond donors (Lipinski definition) is 4. The highest BCUT2D eigenvalue weighted by Crippen LogP contribution is 2.13. The van der Waals surface area contributed by atoms with E-state index < -0.39 is 6.04 Å². The van der Waals surface area contributed by atoms with Gasteiger partial charge >= 0.3 is 5.97 Å². The lowest BCUT2D eigenvalue weighted by molar-refractivity contribution is -0.142. The Balaban J connectivity index is 0.00000497. The van der Waals surface area contributed by atoms with Crippen LogP contribution >= 0.6 is 0 Å². The van der Waals surface area contributed by atoms with Crippen LogP contribution in [0.1, 0.15) is 73.3 Å². The average Bonchev–Trinajstić information content (AvgIpc) is 2.77. The smallest absolute Gasteiger partial charge is 0.302 e. The molecule has 0 aliphatic rings. The second-order valence-electron chi connectivity index (χ2n) is 8.36. The number of benzene rings is 1. The number of carbonyl (C=O) groups excluding carboxylic acids is 3. The molecule has 0 saturated heterocycles. The summed E-state index contributed by atoms with van der Waals surface area (Å²) in [5.74, 6) is -0.724. The van der Waals surface area contributed by atoms with E-state index in [0.29, 0.717) is 18.7 Å². The molecular formula is C25H44N4O4. The highest BCUT2D eigenvalue weighted by Gasteiger charge is 2.27. The fourth-order valence-corrected chi connectivity index (χ4v) is 3.05. The molecule has 1 aromatic carbocycles. The van der Waals surface area contributed by atoms with E-state index in [4.69, 9.17) is 10.5 Å². The molecule has 8 nitrogen and oxygen atoms in total. The van der Waals surface area contributed by atoms with Crippen molar-refractivity contribution in [2.75, 3.05) is 11.9 Å². The summed E-state index contributed by atoms with van der Waals surface area (Å²) < 4.78 is 4.96. The lowest BCUT2D eigenvalue weighted by atomic mass is 10.0. The maximum absolute atomic E-state index is 12.9. The van der Waals surface area contributed by atoms with Crippen molar-refractivity contribution in [3.8, 4) is 0 Å². The van der Waals surface area contributed by atoms with Crippen LogP contribution in [0.15, 0.2) is 24.3 Å². The molecule has 2 amide bonds. The summed E-state index contributed by atoms with van der Waals surface area (Å²) in [6.07, 6.45) is 2.02. The van der Waals surface area contributed by atoms with Crippen molar-refractivity contribution in [2.45, 2.75) is 92.5 Å². The Morgan fingerprint density at radius 3 is 2.06 bits per heavy atom. The van der Waals surface area contributed by atoms with Crippen molar-refractivity contribution in [3.05, 3.63) is 29.8 Å². The van der Waals surface area contributed by atoms with Crippen LogP contribution in [0.2, 0.25) is 0 Å². The minimum Gasteiger partial charge on any atom is -0.461 e. The highest BCUT2D eigenvalue weighted by molar-refractivity contribution is 5.97. The Hall–Kier alpha value is -2.45. The van der Waals surface area contributed by atoms with Gasteiger partial charge in [0.25, 0.3) is 0 Å². The summed E-state index contributed by atoms with van der Waals surface area (Å²) in [6, 6.07) is 6.15. The summed E-state index contributed by atoms with van der Waals surface area (Å²) >= 11 is 0. The van der Waals surface area contributed by atoms with Gasteiger partial charge in [-0.25, -0.2) is 0 Å². The van der Waals surface area contributed by atoms with Crippen molar-refractivity contribution < 1.29 is 19.1 Å². The summed E-state index contributed by atoms with van der Waals surface area (Å²) in [5, 5.41) is 9.04. The number of amides is 2. The molecule has 0 heterocycles. The monoisotopic (exact) mass is 464 g/mol. The first-order chi connectivity index (χ1) is 15.6. The number of anilines is 1. The number of nitrogens with one attached hydrogen (secondary N) is 3. The molecule has 0 radical (unpaired) electrons. The van der Waals surface area contributed by atoms with E-state index in [1.54, 1.807) is 24.3 Å². The minimum absolute atomic E-state index is 0.0833. The summed E-state index contributed by atoms with van der Waals surface area (Å²) in [7, 11) is 0. The largest absolute Gasteiger partial charge is 0.461 e. The standard InChI is InChI=1S/C23H38N4O4.C2H6/c1-15(2)21(25-16(3)4)23(30)27-20(8-6-7-13-24)22(29)26-19-11-9-18(10-12-19)14-31-17(5)28;1-2/h9-12,15-16,20-21,25H,6-8,13-14,24H2,1-5H3,(H,26,29)(H,27,30);1-2H3. The Morgan fingerprint density at radius 1 is 0.970 bits per heavy atom. The zero-order valence-corrected chi connectivity index (χ0v) is 21.4. The molecule has 33 heavy (non-hydrogen) atoms. The lowest BCUT2D eigenvalue weighted by Gasteiger charge is -2.27. The molecule has 0 spiro atoms. The molecule has 2 atom stereocenters. The maximum Gasteiger partial charge on any atom is 0.302 e. The Bertz CT molecular complexity index is 705. The van der Waals surface area contributed by atoms with Crippen LogP contribution in [0.4, 0.5) is 5.69 Å². The zero-order chi connectivity index (χ0) is 25.4. The number of nitrogens with two attached hydrogens (primary N) is 1. The molecule has 0 saturated carbocycles. The van der Waals surface area contributed by atoms with Crippen LogP contribution in [-0.2, 0) is 25.7 Å². The molecule has 5 N–H and O–H groups in total. The third kappa shape index (κ3) is 13.0. The average molecular weight is 465 g/mol. The first kappa shape index (κ1) is 30.6. The minimum atomic E-state index is -0.657. The molecule has 0 aliphatic carbocycles. The van der Waals surface area contributed by atoms with Crippen molar-refractivity contribution >= 4 is 23.5 Å². The first-order valence-corrected chi connectivity index (χ1v) is 11.9. The van der Waals surface area contributed by atoms with Crippen LogP contribution < -0.4 is 21.7 Å². The molecule has 0 fully saturated rings. The maximum atomic E-state index is 12.9. The Morgan fingerprint density at radius 2 is 1.58 bits per heavy atom. The van der Waals surface area contributed by atoms with Crippen LogP contribution in [0.3, 0.4) is 0 Å². The highest BCUT2D eigenvalue weighted by atomic mass is 16.5. The Labute approximate surface area is 199 Å². The molecule has 1 aromatic rings. The number of ether oxygens (including phenoxy) is 1. The number of rotatable bonds is 13. The van der Waals surface area contributed by atoms with Gasteiger partial charge in [-0.1, -0.05) is 53.7 Å². The predicted octanol–water partition coefficient (Wildman–Crippen LogP) is 3.35. The summed E-state index contributed by atoms with van der Waals surface area (Å²) in [6.45, 7) is 14.0. The van der Waals surface area contributed by atoms with Crippen LogP contribution in [-0.4, -0.2) is 42.5 Å². The van der Waals surface area contributed by atoms with Crippen LogP contribution in [0.5, 0.6) is 0 Å². The predicted molar refractivity (Wildman–Crippen MR) is 134 cm³/mol. The molecular weight excluding hydrogens is 420 g/mol. The van der Waals surface area contributed by atoms with Gasteiger partial charge in [0.15, 0.2) is 0 Å². The van der Waals surface area contributed by atoms with Gasteiger partial charge in [-0.05, 0) is 49.4 Å². The van der Waals surface area contributed by atoms with Gasteiger partial charge in [0, 0.05) is 18.7 Å². The molecule has 0 aliphatic heterocycles. The number of esters is 1. The molecule has 8 heteroatoms. The Kier molecular flexibility index (Phi) is 15.8. The fraction of sp³-hybridized carbons (Fsp3) is 0.640. The van der Waals surface area contributed by atoms with Crippen molar-refractivity contribution in [3.63, 3.8) is 0 Å². The van der Waals surface area contributed by atoms with Gasteiger partial charge in [0.2, 0.25) is 11.8 Å². The second kappa shape index (κ2) is 17.1. The van der Waals surface area contributed by atoms with Gasteiger partial charge in [0.05, 0.1) is 6.04 Å². The van der Waals surface area contributed by atoms with Gasteiger partial charge < -0.3 is 26.4 Å². The summed E-state index contributed by atoms with van der Waals surface area (Å²) in [4.78, 5) is 36.7. The molecule has 188 valence electrons. The quantitative estimate of drug-likeness (QED) is 0.262. The number of carbonyl (C=O) groups is 3. The van der Waals surface area contributed by atoms with E-state index in [0.717, 1.165) is 18.4 Å². The third-order valence-corrected chi connectivity index (χ3v) is 4.71. The molecule has 1 rings (SSSR count). The fourth-order valence-electron chi connectivity index (χ4n) is 3.05. The van der Waals surface area contributed by atoms with Crippen molar-refractivity contribution in [2.24, 2.45) is 11.7 Å². The topological polar surface area (TPSA) is 123 Å². The van der Waals surface area contributed by atoms with Crippen LogP contribution in [0, 0.1) is 5.92 Å². The number of hydrogen-bond acceptors (Lipinski definition) is 6.